The number of anilines is 1. The lowest BCUT2D eigenvalue weighted by molar-refractivity contribution is 0.0931. The van der Waals surface area contributed by atoms with Crippen LogP contribution in [0.4, 0.5) is 5.69 Å². The number of hydrogen-bond donors (Lipinski definition) is 2. The maximum Gasteiger partial charge on any atom is 0.291 e. The summed E-state index contributed by atoms with van der Waals surface area (Å²) < 4.78 is 10.1. The summed E-state index contributed by atoms with van der Waals surface area (Å²) in [6.45, 7) is 5.29. The van der Waals surface area contributed by atoms with Gasteiger partial charge >= 0.3 is 0 Å². The second-order valence-corrected chi connectivity index (χ2v) is 5.84. The molecule has 26 heavy (non-hydrogen) atoms. The molecule has 0 fully saturated rings. The molecule has 3 rings (SSSR count). The van der Waals surface area contributed by atoms with Crippen molar-refractivity contribution >= 4 is 17.5 Å². The molecule has 0 bridgehead atoms. The number of nitrogens with zero attached hydrogens (tertiary/aromatic N) is 2. The maximum atomic E-state index is 12.5. The van der Waals surface area contributed by atoms with E-state index in [4.69, 9.17) is 8.94 Å². The molecule has 134 valence electrons. The molecular weight excluding hydrogens is 336 g/mol. The molecule has 1 atom stereocenters. The first kappa shape index (κ1) is 17.4. The lowest BCUT2D eigenvalue weighted by atomic mass is 10.1. The predicted octanol–water partition coefficient (Wildman–Crippen LogP) is 3.02. The van der Waals surface area contributed by atoms with Gasteiger partial charge in [-0.05, 0) is 50.6 Å². The van der Waals surface area contributed by atoms with E-state index in [1.165, 1.54) is 6.26 Å². The van der Waals surface area contributed by atoms with Crippen LogP contribution in [-0.4, -0.2) is 22.0 Å². The average molecular weight is 354 g/mol. The minimum atomic E-state index is -0.439. The third-order valence-corrected chi connectivity index (χ3v) is 3.75. The minimum Gasteiger partial charge on any atom is -0.459 e. The number of aromatic nitrogens is 2. The molecule has 0 saturated carbocycles. The molecule has 0 aliphatic rings. The van der Waals surface area contributed by atoms with E-state index in [9.17, 15) is 9.59 Å². The zero-order valence-corrected chi connectivity index (χ0v) is 14.6. The Morgan fingerprint density at radius 1 is 1.15 bits per heavy atom. The van der Waals surface area contributed by atoms with E-state index < -0.39 is 6.04 Å². The quantitative estimate of drug-likeness (QED) is 0.729. The smallest absolute Gasteiger partial charge is 0.291 e. The highest BCUT2D eigenvalue weighted by Gasteiger charge is 2.18. The van der Waals surface area contributed by atoms with E-state index >= 15 is 0 Å². The summed E-state index contributed by atoms with van der Waals surface area (Å²) in [5, 5.41) is 9.24. The molecule has 0 aliphatic carbocycles. The number of rotatable bonds is 5. The number of nitrogens with one attached hydrogen (secondary N) is 2. The summed E-state index contributed by atoms with van der Waals surface area (Å²) in [5.41, 5.74) is 1.75. The molecule has 0 spiro atoms. The summed E-state index contributed by atoms with van der Waals surface area (Å²) in [6, 6.07) is 7.80. The minimum absolute atomic E-state index is 0.194. The molecule has 2 heterocycles. The molecule has 1 unspecified atom stereocenters. The number of hydrogen-bond acceptors (Lipinski definition) is 6. The van der Waals surface area contributed by atoms with E-state index in [-0.39, 0.29) is 17.6 Å². The van der Waals surface area contributed by atoms with Gasteiger partial charge in [-0.2, -0.15) is 4.98 Å². The predicted molar refractivity (Wildman–Crippen MR) is 92.8 cm³/mol. The Kier molecular flexibility index (Phi) is 4.83. The van der Waals surface area contributed by atoms with Gasteiger partial charge in [0.25, 0.3) is 11.8 Å². The Balaban J connectivity index is 1.73. The number of benzene rings is 1. The Labute approximate surface area is 149 Å². The van der Waals surface area contributed by atoms with Gasteiger partial charge < -0.3 is 19.6 Å². The zero-order chi connectivity index (χ0) is 18.7. The molecule has 1 aromatic carbocycles. The van der Waals surface area contributed by atoms with Crippen LogP contribution in [0.1, 0.15) is 51.2 Å². The fourth-order valence-electron chi connectivity index (χ4n) is 2.32. The van der Waals surface area contributed by atoms with Gasteiger partial charge in [0, 0.05) is 11.3 Å². The van der Waals surface area contributed by atoms with Crippen LogP contribution in [0.2, 0.25) is 0 Å². The third-order valence-electron chi connectivity index (χ3n) is 3.75. The van der Waals surface area contributed by atoms with Crippen molar-refractivity contribution in [1.82, 2.24) is 15.5 Å². The van der Waals surface area contributed by atoms with Crippen molar-refractivity contribution in [3.8, 4) is 0 Å². The number of carbonyl (C=O) groups is 2. The molecule has 3 aromatic rings. The summed E-state index contributed by atoms with van der Waals surface area (Å²) in [4.78, 5) is 28.7. The fraction of sp³-hybridized carbons (Fsp3) is 0.222. The van der Waals surface area contributed by atoms with Crippen LogP contribution < -0.4 is 10.6 Å². The SMILES string of the molecule is Cc1noc(C(C)NC(=O)c2ccc(C)c(NC(=O)c3ccco3)c2)n1. The third kappa shape index (κ3) is 3.80. The Bertz CT molecular complexity index is 931. The highest BCUT2D eigenvalue weighted by molar-refractivity contribution is 6.03. The molecule has 0 saturated heterocycles. The van der Waals surface area contributed by atoms with Crippen molar-refractivity contribution in [2.75, 3.05) is 5.32 Å². The van der Waals surface area contributed by atoms with Crippen LogP contribution >= 0.6 is 0 Å². The fourth-order valence-corrected chi connectivity index (χ4v) is 2.32. The van der Waals surface area contributed by atoms with Crippen LogP contribution in [-0.2, 0) is 0 Å². The summed E-state index contributed by atoms with van der Waals surface area (Å²) in [7, 11) is 0. The molecule has 2 N–H and O–H groups in total. The second-order valence-electron chi connectivity index (χ2n) is 5.84. The van der Waals surface area contributed by atoms with Crippen LogP contribution in [0.3, 0.4) is 0 Å². The monoisotopic (exact) mass is 354 g/mol. The van der Waals surface area contributed by atoms with Gasteiger partial charge in [-0.25, -0.2) is 0 Å². The van der Waals surface area contributed by atoms with E-state index in [1.807, 2.05) is 6.92 Å². The molecule has 0 radical (unpaired) electrons. The van der Waals surface area contributed by atoms with Crippen molar-refractivity contribution in [3.63, 3.8) is 0 Å². The van der Waals surface area contributed by atoms with Crippen molar-refractivity contribution in [2.45, 2.75) is 26.8 Å². The number of aryl methyl sites for hydroxylation is 2. The topological polar surface area (TPSA) is 110 Å². The molecule has 2 amide bonds. The summed E-state index contributed by atoms with van der Waals surface area (Å²) >= 11 is 0. The van der Waals surface area contributed by atoms with Gasteiger partial charge in [0.1, 0.15) is 6.04 Å². The molecule has 8 nitrogen and oxygen atoms in total. The molecule has 2 aromatic heterocycles. The van der Waals surface area contributed by atoms with E-state index in [2.05, 4.69) is 20.8 Å². The van der Waals surface area contributed by atoms with Crippen LogP contribution in [0, 0.1) is 13.8 Å². The lowest BCUT2D eigenvalue weighted by Crippen LogP contribution is -2.27. The number of furan rings is 1. The Hall–Kier alpha value is -3.42. The van der Waals surface area contributed by atoms with E-state index in [0.29, 0.717) is 23.0 Å². The van der Waals surface area contributed by atoms with E-state index in [0.717, 1.165) is 5.56 Å². The summed E-state index contributed by atoms with van der Waals surface area (Å²) in [5.74, 6) is 0.320. The van der Waals surface area contributed by atoms with Crippen LogP contribution in [0.25, 0.3) is 0 Å². The number of amides is 2. The van der Waals surface area contributed by atoms with Gasteiger partial charge in [0.05, 0.1) is 6.26 Å². The molecule has 0 aliphatic heterocycles. The second kappa shape index (κ2) is 7.22. The first-order valence-corrected chi connectivity index (χ1v) is 8.00. The van der Waals surface area contributed by atoms with Crippen molar-refractivity contribution in [3.05, 3.63) is 65.2 Å². The largest absolute Gasteiger partial charge is 0.459 e. The first-order chi connectivity index (χ1) is 12.4. The normalized spacial score (nSPS) is 11.8. The molecular formula is C18H18N4O4. The lowest BCUT2D eigenvalue weighted by Gasteiger charge is -2.12. The van der Waals surface area contributed by atoms with Gasteiger partial charge in [-0.3, -0.25) is 9.59 Å². The van der Waals surface area contributed by atoms with Crippen molar-refractivity contribution < 1.29 is 18.5 Å². The van der Waals surface area contributed by atoms with Gasteiger partial charge in [-0.15, -0.1) is 0 Å². The average Bonchev–Trinajstić information content (AvgIpc) is 3.28. The molecule has 8 heteroatoms. The highest BCUT2D eigenvalue weighted by atomic mass is 16.5. The Morgan fingerprint density at radius 3 is 2.62 bits per heavy atom. The van der Waals surface area contributed by atoms with Crippen molar-refractivity contribution in [1.29, 1.82) is 0 Å². The van der Waals surface area contributed by atoms with E-state index in [1.54, 1.807) is 44.2 Å². The maximum absolute atomic E-state index is 12.5. The summed E-state index contributed by atoms with van der Waals surface area (Å²) in [6.07, 6.45) is 1.42. The Morgan fingerprint density at radius 2 is 1.96 bits per heavy atom. The number of carbonyl (C=O) groups excluding carboxylic acids is 2. The first-order valence-electron chi connectivity index (χ1n) is 8.00. The van der Waals surface area contributed by atoms with Gasteiger partial charge in [0.15, 0.2) is 11.6 Å². The van der Waals surface area contributed by atoms with Crippen LogP contribution in [0.15, 0.2) is 45.5 Å². The standard InChI is InChI=1S/C18H18N4O4/c1-10-6-7-13(9-14(10)21-17(24)15-5-4-8-25-15)16(23)19-11(2)18-20-12(3)22-26-18/h4-9,11H,1-3H3,(H,19,23)(H,21,24). The van der Waals surface area contributed by atoms with Crippen molar-refractivity contribution in [2.24, 2.45) is 0 Å². The van der Waals surface area contributed by atoms with Gasteiger partial charge in [-0.1, -0.05) is 11.2 Å². The zero-order valence-electron chi connectivity index (χ0n) is 14.6. The van der Waals surface area contributed by atoms with Crippen LogP contribution in [0.5, 0.6) is 0 Å². The van der Waals surface area contributed by atoms with Gasteiger partial charge in [0.2, 0.25) is 5.89 Å². The highest BCUT2D eigenvalue weighted by Crippen LogP contribution is 2.19.